The van der Waals surface area contributed by atoms with Gasteiger partial charge in [0.25, 0.3) is 0 Å². The van der Waals surface area contributed by atoms with Crippen LogP contribution in [-0.4, -0.2) is 23.3 Å². The zero-order chi connectivity index (χ0) is 11.4. The van der Waals surface area contributed by atoms with Crippen LogP contribution in [0, 0.1) is 0 Å². The number of aromatic hydroxyl groups is 1. The van der Waals surface area contributed by atoms with Gasteiger partial charge in [-0.3, -0.25) is 4.79 Å². The molecule has 1 unspecified atom stereocenters. The molecule has 82 valence electrons. The van der Waals surface area contributed by atoms with Crippen molar-refractivity contribution < 1.29 is 19.7 Å². The van der Waals surface area contributed by atoms with Crippen LogP contribution in [0.3, 0.4) is 0 Å². The van der Waals surface area contributed by atoms with Crippen LogP contribution in [0.4, 0.5) is 0 Å². The zero-order valence-corrected chi connectivity index (χ0v) is 8.30. The minimum Gasteiger partial charge on any atom is -0.507 e. The maximum atomic E-state index is 10.7. The third-order valence-corrected chi connectivity index (χ3v) is 2.05. The van der Waals surface area contributed by atoms with Crippen molar-refractivity contribution >= 4 is 5.97 Å². The number of methoxy groups -OCH3 is 1. The number of phenols is 1. The van der Waals surface area contributed by atoms with Crippen molar-refractivity contribution in [2.45, 2.75) is 12.6 Å². The highest BCUT2D eigenvalue weighted by Crippen LogP contribution is 2.27. The first-order chi connectivity index (χ1) is 7.07. The monoisotopic (exact) mass is 211 g/mol. The van der Waals surface area contributed by atoms with Gasteiger partial charge in [0.05, 0.1) is 6.61 Å². The molecule has 0 fully saturated rings. The van der Waals surface area contributed by atoms with E-state index in [-0.39, 0.29) is 17.9 Å². The number of carboxylic acids is 1. The zero-order valence-electron chi connectivity index (χ0n) is 8.30. The molecule has 4 N–H and O–H groups in total. The Morgan fingerprint density at radius 2 is 2.27 bits per heavy atom. The van der Waals surface area contributed by atoms with Crippen molar-refractivity contribution in [2.24, 2.45) is 5.73 Å². The fourth-order valence-corrected chi connectivity index (χ4v) is 1.27. The summed E-state index contributed by atoms with van der Waals surface area (Å²) in [4.78, 5) is 10.7. The molecule has 1 aromatic carbocycles. The van der Waals surface area contributed by atoms with Crippen molar-refractivity contribution in [2.75, 3.05) is 7.11 Å². The molecule has 0 aromatic heterocycles. The number of carboxylic acid groups (broad SMARTS) is 1. The van der Waals surface area contributed by atoms with Crippen molar-refractivity contribution in [1.82, 2.24) is 0 Å². The molecule has 0 aliphatic carbocycles. The second kappa shape index (κ2) is 4.77. The topological polar surface area (TPSA) is 92.8 Å². The Hall–Kier alpha value is -1.59. The van der Waals surface area contributed by atoms with E-state index in [0.717, 1.165) is 0 Å². The average molecular weight is 211 g/mol. The lowest BCUT2D eigenvalue weighted by Gasteiger charge is -2.12. The number of hydrogen-bond acceptors (Lipinski definition) is 4. The van der Waals surface area contributed by atoms with Crippen molar-refractivity contribution in [3.8, 4) is 5.75 Å². The van der Waals surface area contributed by atoms with Crippen LogP contribution in [0.15, 0.2) is 18.2 Å². The molecular formula is C10H13NO4. The van der Waals surface area contributed by atoms with E-state index in [1.807, 2.05) is 0 Å². The molecule has 1 rings (SSSR count). The number of hydrogen-bond donors (Lipinski definition) is 3. The quantitative estimate of drug-likeness (QED) is 0.679. The Balaban J connectivity index is 3.08. The van der Waals surface area contributed by atoms with Gasteiger partial charge in [-0.2, -0.15) is 0 Å². The fraction of sp³-hybridized carbons (Fsp3) is 0.300. The van der Waals surface area contributed by atoms with E-state index in [4.69, 9.17) is 15.6 Å². The second-order valence-electron chi connectivity index (χ2n) is 3.10. The van der Waals surface area contributed by atoms with Crippen molar-refractivity contribution in [3.05, 3.63) is 29.3 Å². The van der Waals surface area contributed by atoms with Crippen LogP contribution in [-0.2, 0) is 16.1 Å². The number of carbonyl (C=O) groups is 1. The van der Waals surface area contributed by atoms with E-state index >= 15 is 0 Å². The van der Waals surface area contributed by atoms with E-state index < -0.39 is 12.0 Å². The number of ether oxygens (including phenoxy) is 1. The Morgan fingerprint density at radius 1 is 1.60 bits per heavy atom. The Labute approximate surface area is 87.1 Å². The molecule has 0 radical (unpaired) electrons. The fourth-order valence-electron chi connectivity index (χ4n) is 1.27. The highest BCUT2D eigenvalue weighted by molar-refractivity contribution is 5.76. The summed E-state index contributed by atoms with van der Waals surface area (Å²) in [6.07, 6.45) is 0. The molecule has 1 atom stereocenters. The molecule has 0 saturated heterocycles. The van der Waals surface area contributed by atoms with Gasteiger partial charge < -0.3 is 20.7 Å². The molecule has 0 aliphatic heterocycles. The first kappa shape index (κ1) is 11.5. The van der Waals surface area contributed by atoms with Gasteiger partial charge in [-0.1, -0.05) is 18.2 Å². The number of rotatable bonds is 4. The third-order valence-electron chi connectivity index (χ3n) is 2.05. The minimum atomic E-state index is -1.22. The minimum absolute atomic E-state index is 0.116. The average Bonchev–Trinajstić information content (AvgIpc) is 2.20. The second-order valence-corrected chi connectivity index (χ2v) is 3.10. The van der Waals surface area contributed by atoms with Gasteiger partial charge in [-0.15, -0.1) is 0 Å². The molecule has 0 bridgehead atoms. The summed E-state index contributed by atoms with van der Waals surface area (Å²) in [6, 6.07) is 3.54. The van der Waals surface area contributed by atoms with Gasteiger partial charge in [-0.25, -0.2) is 0 Å². The molecule has 1 aromatic rings. The lowest BCUT2D eigenvalue weighted by Crippen LogP contribution is -2.20. The van der Waals surface area contributed by atoms with Gasteiger partial charge in [0.2, 0.25) is 0 Å². The first-order valence-electron chi connectivity index (χ1n) is 4.36. The van der Waals surface area contributed by atoms with E-state index in [1.165, 1.54) is 13.2 Å². The molecule has 15 heavy (non-hydrogen) atoms. The predicted octanol–water partition coefficient (Wildman–Crippen LogP) is 0.623. The van der Waals surface area contributed by atoms with Crippen LogP contribution in [0.2, 0.25) is 0 Å². The van der Waals surface area contributed by atoms with Gasteiger partial charge in [-0.05, 0) is 0 Å². The van der Waals surface area contributed by atoms with E-state index in [0.29, 0.717) is 5.56 Å². The molecule has 0 spiro atoms. The molecule has 5 heteroatoms. The summed E-state index contributed by atoms with van der Waals surface area (Å²) >= 11 is 0. The molecule has 0 heterocycles. The summed E-state index contributed by atoms with van der Waals surface area (Å²) < 4.78 is 4.86. The van der Waals surface area contributed by atoms with E-state index in [9.17, 15) is 9.90 Å². The number of phenolic OH excluding ortho intramolecular Hbond substituents is 1. The standard InChI is InChI=1S/C10H13NO4/c1-15-5-6-3-2-4-7(9(6)12)8(11)10(13)14/h2-4,8,12H,5,11H2,1H3,(H,13,14). The van der Waals surface area contributed by atoms with Gasteiger partial charge in [0, 0.05) is 18.2 Å². The van der Waals surface area contributed by atoms with Gasteiger partial charge >= 0.3 is 5.97 Å². The summed E-state index contributed by atoms with van der Waals surface area (Å²) in [5.41, 5.74) is 6.12. The maximum absolute atomic E-state index is 10.7. The van der Waals surface area contributed by atoms with Gasteiger partial charge in [0.1, 0.15) is 11.8 Å². The lowest BCUT2D eigenvalue weighted by molar-refractivity contribution is -0.138. The number of aliphatic carboxylic acids is 1. The number of para-hydroxylation sites is 1. The third kappa shape index (κ3) is 2.45. The molecule has 0 amide bonds. The first-order valence-corrected chi connectivity index (χ1v) is 4.36. The Morgan fingerprint density at radius 3 is 2.80 bits per heavy atom. The number of benzene rings is 1. The Kier molecular flexibility index (Phi) is 3.65. The Bertz CT molecular complexity index is 364. The summed E-state index contributed by atoms with van der Waals surface area (Å²) in [5.74, 6) is -1.30. The van der Waals surface area contributed by atoms with E-state index in [2.05, 4.69) is 0 Å². The lowest BCUT2D eigenvalue weighted by atomic mass is 10.0. The molecule has 0 aliphatic rings. The molecule has 0 saturated carbocycles. The van der Waals surface area contributed by atoms with Crippen LogP contribution in [0.25, 0.3) is 0 Å². The summed E-state index contributed by atoms with van der Waals surface area (Å²) in [6.45, 7) is 0.214. The summed E-state index contributed by atoms with van der Waals surface area (Å²) in [5, 5.41) is 18.4. The van der Waals surface area contributed by atoms with Crippen LogP contribution >= 0.6 is 0 Å². The molecular weight excluding hydrogens is 198 g/mol. The van der Waals surface area contributed by atoms with Crippen LogP contribution < -0.4 is 5.73 Å². The van der Waals surface area contributed by atoms with Crippen molar-refractivity contribution in [1.29, 1.82) is 0 Å². The van der Waals surface area contributed by atoms with Crippen LogP contribution in [0.5, 0.6) is 5.75 Å². The smallest absolute Gasteiger partial charge is 0.325 e. The largest absolute Gasteiger partial charge is 0.507 e. The normalized spacial score (nSPS) is 12.4. The predicted molar refractivity (Wildman–Crippen MR) is 53.4 cm³/mol. The SMILES string of the molecule is COCc1cccc(C(N)C(=O)O)c1O. The van der Waals surface area contributed by atoms with Crippen molar-refractivity contribution in [3.63, 3.8) is 0 Å². The number of nitrogens with two attached hydrogens (primary N) is 1. The van der Waals surface area contributed by atoms with Crippen LogP contribution in [0.1, 0.15) is 17.2 Å². The molecule has 5 nitrogen and oxygen atoms in total. The van der Waals surface area contributed by atoms with Gasteiger partial charge in [0.15, 0.2) is 0 Å². The van der Waals surface area contributed by atoms with E-state index in [1.54, 1.807) is 12.1 Å². The maximum Gasteiger partial charge on any atom is 0.325 e. The highest BCUT2D eigenvalue weighted by atomic mass is 16.5. The highest BCUT2D eigenvalue weighted by Gasteiger charge is 2.19. The summed E-state index contributed by atoms with van der Waals surface area (Å²) in [7, 11) is 1.49.